The van der Waals surface area contributed by atoms with Crippen molar-refractivity contribution in [2.45, 2.75) is 13.8 Å². The second kappa shape index (κ2) is 5.90. The van der Waals surface area contributed by atoms with Gasteiger partial charge in [0.15, 0.2) is 5.13 Å². The van der Waals surface area contributed by atoms with Crippen molar-refractivity contribution in [3.05, 3.63) is 45.2 Å². The number of rotatable bonds is 2. The molecule has 1 saturated heterocycles. The number of fused-ring (bicyclic) bond motifs is 1. The van der Waals surface area contributed by atoms with E-state index in [0.29, 0.717) is 11.3 Å². The number of benzene rings is 1. The smallest absolute Gasteiger partial charge is 0.260 e. The van der Waals surface area contributed by atoms with Crippen LogP contribution in [0.4, 0.5) is 11.1 Å². The molecule has 124 valence electrons. The number of piperazine rings is 1. The van der Waals surface area contributed by atoms with E-state index in [9.17, 15) is 4.79 Å². The number of nitrogens with one attached hydrogen (secondary N) is 1. The van der Waals surface area contributed by atoms with Crippen LogP contribution in [0.25, 0.3) is 10.9 Å². The lowest BCUT2D eigenvalue weighted by Gasteiger charge is -2.34. The Bertz CT molecular complexity index is 920. The third-order valence-corrected chi connectivity index (χ3v) is 5.60. The Labute approximate surface area is 143 Å². The number of para-hydroxylation sites is 1. The summed E-state index contributed by atoms with van der Waals surface area (Å²) < 4.78 is 0. The van der Waals surface area contributed by atoms with E-state index in [-0.39, 0.29) is 5.56 Å². The maximum Gasteiger partial charge on any atom is 0.260 e. The molecule has 1 aliphatic heterocycles. The summed E-state index contributed by atoms with van der Waals surface area (Å²) in [7, 11) is 0. The summed E-state index contributed by atoms with van der Waals surface area (Å²) in [5.74, 6) is 0.657. The van der Waals surface area contributed by atoms with E-state index in [0.717, 1.165) is 42.5 Å². The molecule has 1 aromatic carbocycles. The fourth-order valence-electron chi connectivity index (χ4n) is 2.92. The molecule has 3 aromatic rings. The zero-order valence-corrected chi connectivity index (χ0v) is 14.6. The lowest BCUT2D eigenvalue weighted by atomic mass is 10.2. The molecule has 1 N–H and O–H groups in total. The van der Waals surface area contributed by atoms with Crippen molar-refractivity contribution in [2.24, 2.45) is 0 Å². The fraction of sp³-hybridized carbons (Fsp3) is 0.353. The SMILES string of the molecule is Cc1nc(N2CCN(c3nc4ccccc4c(=O)[nH]3)CC2)sc1C. The first-order valence-corrected chi connectivity index (χ1v) is 8.86. The van der Waals surface area contributed by atoms with Gasteiger partial charge in [0.25, 0.3) is 5.56 Å². The molecule has 0 atom stereocenters. The normalized spacial score (nSPS) is 15.2. The molecule has 0 unspecified atom stereocenters. The molecule has 4 rings (SSSR count). The van der Waals surface area contributed by atoms with E-state index in [1.54, 1.807) is 17.4 Å². The van der Waals surface area contributed by atoms with Crippen molar-refractivity contribution in [3.63, 3.8) is 0 Å². The number of aryl methyl sites for hydroxylation is 2. The first-order chi connectivity index (χ1) is 11.6. The predicted molar refractivity (Wildman–Crippen MR) is 98.4 cm³/mol. The summed E-state index contributed by atoms with van der Waals surface area (Å²) in [5.41, 5.74) is 1.77. The highest BCUT2D eigenvalue weighted by atomic mass is 32.1. The lowest BCUT2D eigenvalue weighted by Crippen LogP contribution is -2.47. The molecule has 1 aliphatic rings. The van der Waals surface area contributed by atoms with E-state index in [1.165, 1.54) is 4.88 Å². The van der Waals surface area contributed by atoms with Crippen LogP contribution >= 0.6 is 11.3 Å². The number of thiazole rings is 1. The zero-order chi connectivity index (χ0) is 16.7. The predicted octanol–water partition coefficient (Wildman–Crippen LogP) is 2.32. The number of hydrogen-bond acceptors (Lipinski definition) is 6. The molecule has 0 radical (unpaired) electrons. The third kappa shape index (κ3) is 2.65. The summed E-state index contributed by atoms with van der Waals surface area (Å²) >= 11 is 1.75. The molecule has 1 fully saturated rings. The average molecular weight is 341 g/mol. The molecule has 0 aliphatic carbocycles. The van der Waals surface area contributed by atoms with E-state index in [2.05, 4.69) is 38.6 Å². The number of anilines is 2. The van der Waals surface area contributed by atoms with Gasteiger partial charge in [0.1, 0.15) is 0 Å². The number of hydrogen-bond donors (Lipinski definition) is 1. The average Bonchev–Trinajstić information content (AvgIpc) is 2.94. The number of aromatic amines is 1. The highest BCUT2D eigenvalue weighted by molar-refractivity contribution is 7.15. The Morgan fingerprint density at radius 1 is 1.04 bits per heavy atom. The minimum Gasteiger partial charge on any atom is -0.345 e. The van der Waals surface area contributed by atoms with E-state index in [1.807, 2.05) is 18.2 Å². The summed E-state index contributed by atoms with van der Waals surface area (Å²) in [6, 6.07) is 7.45. The van der Waals surface area contributed by atoms with Gasteiger partial charge in [-0.1, -0.05) is 12.1 Å². The van der Waals surface area contributed by atoms with Gasteiger partial charge in [-0.3, -0.25) is 9.78 Å². The van der Waals surface area contributed by atoms with Crippen LogP contribution in [0.15, 0.2) is 29.1 Å². The quantitative estimate of drug-likeness (QED) is 0.775. The van der Waals surface area contributed by atoms with E-state index < -0.39 is 0 Å². The monoisotopic (exact) mass is 341 g/mol. The summed E-state index contributed by atoms with van der Waals surface area (Å²) in [6.07, 6.45) is 0. The van der Waals surface area contributed by atoms with Gasteiger partial charge >= 0.3 is 0 Å². The second-order valence-electron chi connectivity index (χ2n) is 6.02. The molecule has 6 nitrogen and oxygen atoms in total. The van der Waals surface area contributed by atoms with Gasteiger partial charge in [-0.2, -0.15) is 0 Å². The molecule has 0 saturated carbocycles. The van der Waals surface area contributed by atoms with Gasteiger partial charge in [0, 0.05) is 31.1 Å². The molecule has 2 aromatic heterocycles. The van der Waals surface area contributed by atoms with Crippen LogP contribution < -0.4 is 15.4 Å². The maximum absolute atomic E-state index is 12.2. The van der Waals surface area contributed by atoms with Gasteiger partial charge < -0.3 is 9.80 Å². The van der Waals surface area contributed by atoms with Crippen LogP contribution in [-0.4, -0.2) is 41.1 Å². The minimum atomic E-state index is -0.0794. The van der Waals surface area contributed by atoms with Crippen LogP contribution in [-0.2, 0) is 0 Å². The maximum atomic E-state index is 12.2. The number of H-pyrrole nitrogens is 1. The van der Waals surface area contributed by atoms with Crippen LogP contribution in [0.2, 0.25) is 0 Å². The highest BCUT2D eigenvalue weighted by Gasteiger charge is 2.21. The standard InChI is InChI=1S/C17H19N5OS/c1-11-12(2)24-17(18-11)22-9-7-21(8-10-22)16-19-14-6-4-3-5-13(14)15(23)20-16/h3-6H,7-10H2,1-2H3,(H,19,20,23). The largest absolute Gasteiger partial charge is 0.345 e. The van der Waals surface area contributed by atoms with Gasteiger partial charge in [0.05, 0.1) is 16.6 Å². The molecule has 0 amide bonds. The van der Waals surface area contributed by atoms with E-state index in [4.69, 9.17) is 0 Å². The molecule has 7 heteroatoms. The molecule has 0 bridgehead atoms. The van der Waals surface area contributed by atoms with Gasteiger partial charge in [-0.25, -0.2) is 9.97 Å². The Hall–Kier alpha value is -2.41. The van der Waals surface area contributed by atoms with Crippen molar-refractivity contribution in [1.29, 1.82) is 0 Å². The Kier molecular flexibility index (Phi) is 3.72. The van der Waals surface area contributed by atoms with Crippen molar-refractivity contribution in [3.8, 4) is 0 Å². The van der Waals surface area contributed by atoms with Crippen molar-refractivity contribution >= 4 is 33.3 Å². The van der Waals surface area contributed by atoms with Crippen molar-refractivity contribution < 1.29 is 0 Å². The Balaban J connectivity index is 1.54. The van der Waals surface area contributed by atoms with Crippen LogP contribution in [0.5, 0.6) is 0 Å². The molecular formula is C17H19N5OS. The summed E-state index contributed by atoms with van der Waals surface area (Å²) in [4.78, 5) is 30.1. The fourth-order valence-corrected chi connectivity index (χ4v) is 3.89. The van der Waals surface area contributed by atoms with E-state index >= 15 is 0 Å². The Morgan fingerprint density at radius 2 is 1.75 bits per heavy atom. The van der Waals surface area contributed by atoms with Crippen LogP contribution in [0.1, 0.15) is 10.6 Å². The van der Waals surface area contributed by atoms with Gasteiger partial charge in [0.2, 0.25) is 5.95 Å². The van der Waals surface area contributed by atoms with Crippen LogP contribution in [0.3, 0.4) is 0 Å². The summed E-state index contributed by atoms with van der Waals surface area (Å²) in [6.45, 7) is 7.55. The minimum absolute atomic E-state index is 0.0794. The van der Waals surface area contributed by atoms with Crippen molar-refractivity contribution in [1.82, 2.24) is 15.0 Å². The first-order valence-electron chi connectivity index (χ1n) is 8.05. The highest BCUT2D eigenvalue weighted by Crippen LogP contribution is 2.26. The van der Waals surface area contributed by atoms with Gasteiger partial charge in [-0.15, -0.1) is 11.3 Å². The van der Waals surface area contributed by atoms with Crippen LogP contribution in [0, 0.1) is 13.8 Å². The second-order valence-corrected chi connectivity index (χ2v) is 7.20. The molecule has 0 spiro atoms. The molecule has 3 heterocycles. The summed E-state index contributed by atoms with van der Waals surface area (Å²) in [5, 5.41) is 1.72. The first kappa shape index (κ1) is 15.1. The lowest BCUT2D eigenvalue weighted by molar-refractivity contribution is 0.639. The number of aromatic nitrogens is 3. The third-order valence-electron chi connectivity index (χ3n) is 4.47. The van der Waals surface area contributed by atoms with Gasteiger partial charge in [-0.05, 0) is 26.0 Å². The molecular weight excluding hydrogens is 322 g/mol. The van der Waals surface area contributed by atoms with Crippen molar-refractivity contribution in [2.75, 3.05) is 36.0 Å². The zero-order valence-electron chi connectivity index (χ0n) is 13.7. The Morgan fingerprint density at radius 3 is 2.46 bits per heavy atom. The number of nitrogens with zero attached hydrogens (tertiary/aromatic N) is 4. The topological polar surface area (TPSA) is 65.1 Å². The molecule has 24 heavy (non-hydrogen) atoms.